The first-order chi connectivity index (χ1) is 8.83. The minimum absolute atomic E-state index is 0.453. The van der Waals surface area contributed by atoms with Crippen molar-refractivity contribution in [1.82, 2.24) is 9.80 Å². The Morgan fingerprint density at radius 2 is 1.44 bits per heavy atom. The van der Waals surface area contributed by atoms with Gasteiger partial charge in [-0.1, -0.05) is 0 Å². The number of hydrogen-bond acceptors (Lipinski definition) is 4. The lowest BCUT2D eigenvalue weighted by Gasteiger charge is -2.36. The number of nitrogens with two attached hydrogens (primary N) is 1. The van der Waals surface area contributed by atoms with Crippen molar-refractivity contribution in [2.24, 2.45) is 5.73 Å². The van der Waals surface area contributed by atoms with Crippen molar-refractivity contribution in [2.75, 3.05) is 39.4 Å². The summed E-state index contributed by atoms with van der Waals surface area (Å²) in [7, 11) is 0. The number of likely N-dealkylation sites (tertiary alicyclic amines) is 2. The summed E-state index contributed by atoms with van der Waals surface area (Å²) in [5.41, 5.74) is 5.99. The third kappa shape index (κ3) is 2.87. The van der Waals surface area contributed by atoms with E-state index in [1.54, 1.807) is 0 Å². The third-order valence-corrected chi connectivity index (χ3v) is 4.99. The average molecular weight is 253 g/mol. The Bertz CT molecular complexity index is 260. The predicted molar refractivity (Wildman–Crippen MR) is 72.6 cm³/mol. The maximum Gasteiger partial charge on any atom is 0.0480 e. The topological polar surface area (TPSA) is 41.7 Å². The molecule has 1 atom stereocenters. The second-order valence-electron chi connectivity index (χ2n) is 6.15. The summed E-state index contributed by atoms with van der Waals surface area (Å²) in [6.45, 7) is 6.92. The Morgan fingerprint density at radius 3 is 2.17 bits per heavy atom. The monoisotopic (exact) mass is 253 g/mol. The van der Waals surface area contributed by atoms with Gasteiger partial charge in [-0.25, -0.2) is 0 Å². The van der Waals surface area contributed by atoms with E-state index < -0.39 is 0 Å². The molecule has 4 nitrogen and oxygen atoms in total. The van der Waals surface area contributed by atoms with Crippen molar-refractivity contribution in [3.8, 4) is 0 Å². The third-order valence-electron chi connectivity index (χ3n) is 4.99. The molecule has 2 N–H and O–H groups in total. The zero-order valence-corrected chi connectivity index (χ0v) is 11.4. The fraction of sp³-hybridized carbons (Fsp3) is 1.00. The van der Waals surface area contributed by atoms with Gasteiger partial charge in [0.1, 0.15) is 0 Å². The van der Waals surface area contributed by atoms with Crippen LogP contribution in [0.1, 0.15) is 32.1 Å². The second-order valence-corrected chi connectivity index (χ2v) is 6.15. The Balaban J connectivity index is 1.48. The molecule has 3 aliphatic rings. The first-order valence-electron chi connectivity index (χ1n) is 7.64. The number of hydrogen-bond donors (Lipinski definition) is 1. The van der Waals surface area contributed by atoms with Gasteiger partial charge < -0.3 is 10.5 Å². The van der Waals surface area contributed by atoms with E-state index in [2.05, 4.69) is 9.80 Å². The maximum atomic E-state index is 5.99. The quantitative estimate of drug-likeness (QED) is 0.785. The van der Waals surface area contributed by atoms with Gasteiger partial charge in [-0.2, -0.15) is 0 Å². The van der Waals surface area contributed by atoms with Crippen LogP contribution >= 0.6 is 0 Å². The van der Waals surface area contributed by atoms with Crippen LogP contribution in [0.15, 0.2) is 0 Å². The van der Waals surface area contributed by atoms with Crippen LogP contribution in [-0.2, 0) is 4.74 Å². The molecular formula is C14H27N3O. The SMILES string of the molecule is NC1CCN(C2CCN(C3CCOCC3)C2)CC1. The van der Waals surface area contributed by atoms with E-state index in [-0.39, 0.29) is 0 Å². The summed E-state index contributed by atoms with van der Waals surface area (Å²) >= 11 is 0. The summed E-state index contributed by atoms with van der Waals surface area (Å²) in [6, 6.07) is 2.03. The van der Waals surface area contributed by atoms with Gasteiger partial charge in [0.25, 0.3) is 0 Å². The predicted octanol–water partition coefficient (Wildman–Crippen LogP) is 0.663. The molecule has 0 radical (unpaired) electrons. The van der Waals surface area contributed by atoms with E-state index in [4.69, 9.17) is 10.5 Å². The molecule has 104 valence electrons. The lowest BCUT2D eigenvalue weighted by atomic mass is 10.0. The van der Waals surface area contributed by atoms with Gasteiger partial charge in [0, 0.05) is 44.4 Å². The van der Waals surface area contributed by atoms with Crippen LogP contribution in [0.3, 0.4) is 0 Å². The van der Waals surface area contributed by atoms with E-state index in [1.807, 2.05) is 0 Å². The van der Waals surface area contributed by atoms with Gasteiger partial charge >= 0.3 is 0 Å². The Hall–Kier alpha value is -0.160. The molecule has 3 rings (SSSR count). The van der Waals surface area contributed by atoms with Crippen LogP contribution in [0.2, 0.25) is 0 Å². The van der Waals surface area contributed by atoms with Crippen LogP contribution < -0.4 is 5.73 Å². The highest BCUT2D eigenvalue weighted by Gasteiger charge is 2.33. The lowest BCUT2D eigenvalue weighted by Crippen LogP contribution is -2.47. The number of piperidine rings is 1. The van der Waals surface area contributed by atoms with Crippen LogP contribution in [0, 0.1) is 0 Å². The van der Waals surface area contributed by atoms with Crippen molar-refractivity contribution in [3.63, 3.8) is 0 Å². The summed E-state index contributed by atoms with van der Waals surface area (Å²) in [5.74, 6) is 0. The molecule has 4 heteroatoms. The van der Waals surface area contributed by atoms with Crippen molar-refractivity contribution in [2.45, 2.75) is 50.2 Å². The number of ether oxygens (including phenoxy) is 1. The minimum atomic E-state index is 0.453. The molecule has 3 saturated heterocycles. The highest BCUT2D eigenvalue weighted by atomic mass is 16.5. The molecule has 0 saturated carbocycles. The van der Waals surface area contributed by atoms with Gasteiger partial charge in [-0.05, 0) is 45.2 Å². The Kier molecular flexibility index (Phi) is 4.19. The van der Waals surface area contributed by atoms with Gasteiger partial charge in [-0.15, -0.1) is 0 Å². The first-order valence-corrected chi connectivity index (χ1v) is 7.64. The van der Waals surface area contributed by atoms with Crippen LogP contribution in [0.5, 0.6) is 0 Å². The largest absolute Gasteiger partial charge is 0.381 e. The molecular weight excluding hydrogens is 226 g/mol. The summed E-state index contributed by atoms with van der Waals surface area (Å²) in [4.78, 5) is 5.39. The molecule has 0 amide bonds. The van der Waals surface area contributed by atoms with Crippen molar-refractivity contribution >= 4 is 0 Å². The zero-order valence-electron chi connectivity index (χ0n) is 11.4. The molecule has 18 heavy (non-hydrogen) atoms. The van der Waals surface area contributed by atoms with Crippen LogP contribution in [-0.4, -0.2) is 67.3 Å². The smallest absolute Gasteiger partial charge is 0.0480 e. The van der Waals surface area contributed by atoms with Gasteiger partial charge in [0.05, 0.1) is 0 Å². The lowest BCUT2D eigenvalue weighted by molar-refractivity contribution is 0.0387. The van der Waals surface area contributed by atoms with Crippen LogP contribution in [0.25, 0.3) is 0 Å². The van der Waals surface area contributed by atoms with Crippen LogP contribution in [0.4, 0.5) is 0 Å². The van der Waals surface area contributed by atoms with Crippen molar-refractivity contribution < 1.29 is 4.74 Å². The highest BCUT2D eigenvalue weighted by molar-refractivity contribution is 4.89. The van der Waals surface area contributed by atoms with Crippen molar-refractivity contribution in [3.05, 3.63) is 0 Å². The fourth-order valence-corrected chi connectivity index (χ4v) is 3.73. The van der Waals surface area contributed by atoms with Gasteiger partial charge in [0.15, 0.2) is 0 Å². The minimum Gasteiger partial charge on any atom is -0.381 e. The summed E-state index contributed by atoms with van der Waals surface area (Å²) < 4.78 is 5.46. The summed E-state index contributed by atoms with van der Waals surface area (Å²) in [5, 5.41) is 0. The van der Waals surface area contributed by atoms with E-state index in [0.717, 1.165) is 25.3 Å². The van der Waals surface area contributed by atoms with Crippen molar-refractivity contribution in [1.29, 1.82) is 0 Å². The molecule has 0 aromatic heterocycles. The molecule has 3 fully saturated rings. The molecule has 0 aromatic rings. The van der Waals surface area contributed by atoms with Gasteiger partial charge in [-0.3, -0.25) is 9.80 Å². The standard InChI is InChI=1S/C14H27N3O/c15-12-1-6-16(7-2-12)14-3-8-17(11-14)13-4-9-18-10-5-13/h12-14H,1-11,15H2. The molecule has 0 spiro atoms. The fourth-order valence-electron chi connectivity index (χ4n) is 3.73. The Morgan fingerprint density at radius 1 is 0.778 bits per heavy atom. The molecule has 3 aliphatic heterocycles. The van der Waals surface area contributed by atoms with E-state index >= 15 is 0 Å². The molecule has 0 bridgehead atoms. The van der Waals surface area contributed by atoms with E-state index in [0.29, 0.717) is 6.04 Å². The number of rotatable bonds is 2. The number of nitrogens with zero attached hydrogens (tertiary/aromatic N) is 2. The second kappa shape index (κ2) is 5.87. The molecule has 0 aliphatic carbocycles. The molecule has 1 unspecified atom stereocenters. The van der Waals surface area contributed by atoms with Gasteiger partial charge in [0.2, 0.25) is 0 Å². The molecule has 0 aromatic carbocycles. The van der Waals surface area contributed by atoms with E-state index in [1.165, 1.54) is 58.3 Å². The van der Waals surface area contributed by atoms with E-state index in [9.17, 15) is 0 Å². The summed E-state index contributed by atoms with van der Waals surface area (Å²) in [6.07, 6.45) is 6.20. The zero-order chi connectivity index (χ0) is 12.4. The normalized spacial score (nSPS) is 34.2. The molecule has 3 heterocycles. The average Bonchev–Trinajstić information content (AvgIpc) is 2.90. The maximum absolute atomic E-state index is 5.99. The highest BCUT2D eigenvalue weighted by Crippen LogP contribution is 2.24. The Labute approximate surface area is 110 Å². The first kappa shape index (κ1) is 12.9.